The zero-order valence-corrected chi connectivity index (χ0v) is 22.6. The number of aliphatic hydroxyl groups is 1. The minimum Gasteiger partial charge on any atom is -0.481 e. The molecule has 3 N–H and O–H groups in total. The lowest BCUT2D eigenvalue weighted by Crippen LogP contribution is -2.51. The summed E-state index contributed by atoms with van der Waals surface area (Å²) in [5, 5.41) is 29.3. The van der Waals surface area contributed by atoms with Crippen LogP contribution in [0.4, 0.5) is 0 Å². The fraction of sp³-hybridized carbons (Fsp3) is 0.857. The lowest BCUT2D eigenvalue weighted by Gasteiger charge is -2.29. The molecule has 0 radical (unpaired) electrons. The van der Waals surface area contributed by atoms with Crippen LogP contribution < -0.4 is 0 Å². The van der Waals surface area contributed by atoms with Gasteiger partial charge in [-0.1, -0.05) is 117 Å². The summed E-state index contributed by atoms with van der Waals surface area (Å²) in [6.45, 7) is 4.28. The highest BCUT2D eigenvalue weighted by Gasteiger charge is 2.50. The largest absolute Gasteiger partial charge is 0.481 e. The third kappa shape index (κ3) is 15.9. The molecular weight excluding hydrogens is 464 g/mol. The van der Waals surface area contributed by atoms with Crippen molar-refractivity contribution in [2.45, 2.75) is 148 Å². The SMILES string of the molecule is CCCCCCCCCCCCCCC(C(=O)OC(=O)CCCCCCC)C(O)(CC(=O)O)C(=O)O. The van der Waals surface area contributed by atoms with E-state index in [1.165, 1.54) is 44.9 Å². The van der Waals surface area contributed by atoms with Crippen LogP contribution in [0.5, 0.6) is 0 Å². The van der Waals surface area contributed by atoms with E-state index < -0.39 is 41.8 Å². The predicted molar refractivity (Wildman–Crippen MR) is 138 cm³/mol. The van der Waals surface area contributed by atoms with Crippen molar-refractivity contribution < 1.29 is 39.2 Å². The Morgan fingerprint density at radius 1 is 0.667 bits per heavy atom. The van der Waals surface area contributed by atoms with Crippen LogP contribution in [0.25, 0.3) is 0 Å². The highest BCUT2D eigenvalue weighted by Crippen LogP contribution is 2.29. The third-order valence-corrected chi connectivity index (χ3v) is 6.70. The van der Waals surface area contributed by atoms with Crippen molar-refractivity contribution in [2.24, 2.45) is 5.92 Å². The van der Waals surface area contributed by atoms with Crippen LogP contribution in [0.1, 0.15) is 142 Å². The van der Waals surface area contributed by atoms with Crippen LogP contribution in [0.2, 0.25) is 0 Å². The Labute approximate surface area is 217 Å². The Hall–Kier alpha value is -1.96. The van der Waals surface area contributed by atoms with E-state index in [9.17, 15) is 29.4 Å². The number of unbranched alkanes of at least 4 members (excludes halogenated alkanes) is 15. The molecule has 0 aromatic carbocycles. The lowest BCUT2D eigenvalue weighted by atomic mass is 9.81. The van der Waals surface area contributed by atoms with Crippen molar-refractivity contribution in [3.05, 3.63) is 0 Å². The fourth-order valence-corrected chi connectivity index (χ4v) is 4.43. The van der Waals surface area contributed by atoms with Gasteiger partial charge < -0.3 is 20.1 Å². The molecule has 0 aliphatic heterocycles. The van der Waals surface area contributed by atoms with Gasteiger partial charge in [-0.25, -0.2) is 4.79 Å². The molecule has 0 spiro atoms. The normalized spacial score (nSPS) is 13.6. The van der Waals surface area contributed by atoms with Gasteiger partial charge in [-0.2, -0.15) is 0 Å². The third-order valence-electron chi connectivity index (χ3n) is 6.70. The Balaban J connectivity index is 4.68. The minimum atomic E-state index is -2.83. The second kappa shape index (κ2) is 21.2. The summed E-state index contributed by atoms with van der Waals surface area (Å²) in [5.41, 5.74) is -2.83. The first-order valence-corrected chi connectivity index (χ1v) is 14.1. The quantitative estimate of drug-likeness (QED) is 0.0762. The number of rotatable bonds is 24. The molecule has 0 heterocycles. The van der Waals surface area contributed by atoms with Gasteiger partial charge in [0.25, 0.3) is 0 Å². The van der Waals surface area contributed by atoms with Gasteiger partial charge in [0, 0.05) is 6.42 Å². The lowest BCUT2D eigenvalue weighted by molar-refractivity contribution is -0.184. The molecule has 0 fully saturated rings. The smallest absolute Gasteiger partial charge is 0.337 e. The summed E-state index contributed by atoms with van der Waals surface area (Å²) in [6.07, 6.45) is 16.2. The van der Waals surface area contributed by atoms with Crippen LogP contribution in [0, 0.1) is 5.92 Å². The molecule has 8 heteroatoms. The van der Waals surface area contributed by atoms with Gasteiger partial charge in [-0.05, 0) is 12.8 Å². The Morgan fingerprint density at radius 3 is 1.50 bits per heavy atom. The van der Waals surface area contributed by atoms with Crippen molar-refractivity contribution in [3.8, 4) is 0 Å². The number of hydrogen-bond donors (Lipinski definition) is 3. The van der Waals surface area contributed by atoms with Crippen molar-refractivity contribution in [2.75, 3.05) is 0 Å². The van der Waals surface area contributed by atoms with Gasteiger partial charge in [0.2, 0.25) is 0 Å². The number of hydrogen-bond acceptors (Lipinski definition) is 6. The van der Waals surface area contributed by atoms with Gasteiger partial charge in [0.1, 0.15) is 0 Å². The second-order valence-corrected chi connectivity index (χ2v) is 9.99. The highest BCUT2D eigenvalue weighted by molar-refractivity contribution is 5.93. The van der Waals surface area contributed by atoms with E-state index in [1.807, 2.05) is 0 Å². The molecular formula is C28H50O8. The first-order valence-electron chi connectivity index (χ1n) is 14.1. The molecule has 0 bridgehead atoms. The molecule has 8 nitrogen and oxygen atoms in total. The fourth-order valence-electron chi connectivity index (χ4n) is 4.43. The zero-order valence-electron chi connectivity index (χ0n) is 22.6. The van der Waals surface area contributed by atoms with Crippen LogP contribution >= 0.6 is 0 Å². The van der Waals surface area contributed by atoms with Gasteiger partial charge in [-0.15, -0.1) is 0 Å². The summed E-state index contributed by atoms with van der Waals surface area (Å²) in [6, 6.07) is 0. The highest BCUT2D eigenvalue weighted by atomic mass is 16.6. The molecule has 0 saturated heterocycles. The van der Waals surface area contributed by atoms with Gasteiger partial charge >= 0.3 is 23.9 Å². The Kier molecular flexibility index (Phi) is 20.0. The summed E-state index contributed by atoms with van der Waals surface area (Å²) in [4.78, 5) is 47.8. The molecule has 210 valence electrons. The average Bonchev–Trinajstić information content (AvgIpc) is 2.81. The monoisotopic (exact) mass is 514 g/mol. The van der Waals surface area contributed by atoms with E-state index in [2.05, 4.69) is 13.8 Å². The number of aliphatic carboxylic acids is 2. The van der Waals surface area contributed by atoms with E-state index in [1.54, 1.807) is 0 Å². The number of carboxylic acid groups (broad SMARTS) is 2. The summed E-state index contributed by atoms with van der Waals surface area (Å²) in [7, 11) is 0. The predicted octanol–water partition coefficient (Wildman–Crippen LogP) is 6.41. The molecule has 0 amide bonds. The first-order chi connectivity index (χ1) is 17.2. The molecule has 0 aromatic heterocycles. The van der Waals surface area contributed by atoms with Gasteiger partial charge in [-0.3, -0.25) is 14.4 Å². The molecule has 0 rings (SSSR count). The Bertz CT molecular complexity index is 633. The standard InChI is InChI=1S/C28H50O8/c1-3-5-7-9-10-11-12-13-14-15-17-18-20-23(28(35,27(33)34)22-24(29)30)26(32)36-25(31)21-19-16-8-6-4-2/h23,35H,3-22H2,1-2H3,(H,29,30)(H,33,34). The first kappa shape index (κ1) is 34.0. The molecule has 2 unspecified atom stereocenters. The molecule has 36 heavy (non-hydrogen) atoms. The molecule has 0 aromatic rings. The van der Waals surface area contributed by atoms with Crippen molar-refractivity contribution in [3.63, 3.8) is 0 Å². The molecule has 0 aliphatic rings. The van der Waals surface area contributed by atoms with Crippen LogP contribution in [0.3, 0.4) is 0 Å². The summed E-state index contributed by atoms with van der Waals surface area (Å²) in [5.74, 6) is -6.92. The minimum absolute atomic E-state index is 0.0191. The van der Waals surface area contributed by atoms with Crippen molar-refractivity contribution in [1.82, 2.24) is 0 Å². The summed E-state index contributed by atoms with van der Waals surface area (Å²) < 4.78 is 4.86. The van der Waals surface area contributed by atoms with E-state index in [4.69, 9.17) is 9.84 Å². The van der Waals surface area contributed by atoms with E-state index in [0.717, 1.165) is 44.9 Å². The second-order valence-electron chi connectivity index (χ2n) is 9.99. The maximum absolute atomic E-state index is 12.7. The maximum Gasteiger partial charge on any atom is 0.337 e. The van der Waals surface area contributed by atoms with Crippen molar-refractivity contribution in [1.29, 1.82) is 0 Å². The number of esters is 2. The maximum atomic E-state index is 12.7. The number of ether oxygens (including phenoxy) is 1. The van der Waals surface area contributed by atoms with Crippen LogP contribution in [0.15, 0.2) is 0 Å². The van der Waals surface area contributed by atoms with Crippen LogP contribution in [-0.2, 0) is 23.9 Å². The number of carbonyl (C=O) groups is 4. The topological polar surface area (TPSA) is 138 Å². The van der Waals surface area contributed by atoms with Gasteiger partial charge in [0.05, 0.1) is 12.3 Å². The molecule has 2 atom stereocenters. The number of carbonyl (C=O) groups excluding carboxylic acids is 2. The zero-order chi connectivity index (χ0) is 27.2. The average molecular weight is 515 g/mol. The van der Waals surface area contributed by atoms with Crippen molar-refractivity contribution >= 4 is 23.9 Å². The molecule has 0 saturated carbocycles. The molecule has 0 aliphatic carbocycles. The number of carboxylic acids is 2. The van der Waals surface area contributed by atoms with Gasteiger partial charge in [0.15, 0.2) is 5.60 Å². The Morgan fingerprint density at radius 2 is 1.08 bits per heavy atom. The van der Waals surface area contributed by atoms with E-state index in [-0.39, 0.29) is 12.8 Å². The van der Waals surface area contributed by atoms with E-state index in [0.29, 0.717) is 19.3 Å². The van der Waals surface area contributed by atoms with E-state index >= 15 is 0 Å². The van der Waals surface area contributed by atoms with Crippen LogP contribution in [-0.4, -0.2) is 44.8 Å². The summed E-state index contributed by atoms with van der Waals surface area (Å²) >= 11 is 0.